The van der Waals surface area contributed by atoms with Crippen LogP contribution >= 0.6 is 0 Å². The van der Waals surface area contributed by atoms with Gasteiger partial charge in [-0.25, -0.2) is 8.42 Å². The summed E-state index contributed by atoms with van der Waals surface area (Å²) in [5.41, 5.74) is 3.83. The molecule has 7 heteroatoms. The normalized spacial score (nSPS) is 12.9. The van der Waals surface area contributed by atoms with E-state index in [-0.39, 0.29) is 5.69 Å². The number of sulfone groups is 1. The minimum absolute atomic E-state index is 0.0582. The second-order valence-electron chi connectivity index (χ2n) is 6.35. The summed E-state index contributed by atoms with van der Waals surface area (Å²) in [6, 6.07) is 8.54. The lowest BCUT2D eigenvalue weighted by Crippen LogP contribution is -2.41. The molecule has 1 amide bonds. The van der Waals surface area contributed by atoms with Crippen LogP contribution in [0.25, 0.3) is 11.1 Å². The Morgan fingerprint density at radius 1 is 1.15 bits per heavy atom. The van der Waals surface area contributed by atoms with E-state index in [0.717, 1.165) is 28.4 Å². The Morgan fingerprint density at radius 3 is 2.38 bits per heavy atom. The van der Waals surface area contributed by atoms with E-state index in [4.69, 9.17) is 0 Å². The first kappa shape index (κ1) is 19.7. The molecule has 0 aliphatic carbocycles. The summed E-state index contributed by atoms with van der Waals surface area (Å²) in [5, 5.41) is 15.8. The summed E-state index contributed by atoms with van der Waals surface area (Å²) < 4.78 is 22.7. The van der Waals surface area contributed by atoms with Crippen molar-refractivity contribution in [3.8, 4) is 11.1 Å². The number of pyridine rings is 1. The Hall–Kier alpha value is -2.67. The van der Waals surface area contributed by atoms with E-state index < -0.39 is 21.8 Å². The van der Waals surface area contributed by atoms with Crippen LogP contribution < -0.4 is 10.0 Å². The van der Waals surface area contributed by atoms with E-state index >= 15 is 0 Å². The van der Waals surface area contributed by atoms with Crippen molar-refractivity contribution in [3.05, 3.63) is 70.0 Å². The molecule has 2 rings (SSSR count). The van der Waals surface area contributed by atoms with Gasteiger partial charge in [0, 0.05) is 29.3 Å². The summed E-state index contributed by atoms with van der Waals surface area (Å²) in [5.74, 6) is -0.572. The predicted octanol–water partition coefficient (Wildman–Crippen LogP) is 2.28. The third-order valence-electron chi connectivity index (χ3n) is 3.96. The highest BCUT2D eigenvalue weighted by Crippen LogP contribution is 2.21. The summed E-state index contributed by atoms with van der Waals surface area (Å²) in [6.07, 6.45) is 3.77. The number of aromatic nitrogens is 1. The zero-order chi connectivity index (χ0) is 19.5. The molecule has 1 heterocycles. The standard InChI is InChI=1S/C19H22N2O4S/c1-13-5-6-16(11-14(13)2)17-7-8-18(21(23)12-17)19(22)20-15(3)9-10-26(4,24)25/h5-12,15H,1-4H3,(H,20,22)/b10-9+/t15-/m1/s1. The van der Waals surface area contributed by atoms with Crippen LogP contribution in [-0.4, -0.2) is 26.6 Å². The van der Waals surface area contributed by atoms with Crippen LogP contribution in [0.15, 0.2) is 48.0 Å². The number of carbonyl (C=O) groups excluding carboxylic acids is 1. The molecule has 1 N–H and O–H groups in total. The summed E-state index contributed by atoms with van der Waals surface area (Å²) in [6.45, 7) is 5.63. The quantitative estimate of drug-likeness (QED) is 0.642. The van der Waals surface area contributed by atoms with Gasteiger partial charge in [0.1, 0.15) is 0 Å². The molecule has 0 saturated heterocycles. The van der Waals surface area contributed by atoms with Gasteiger partial charge < -0.3 is 10.5 Å². The van der Waals surface area contributed by atoms with Crippen LogP contribution in [0.4, 0.5) is 0 Å². The maximum absolute atomic E-state index is 12.2. The molecular formula is C19H22N2O4S. The summed E-state index contributed by atoms with van der Waals surface area (Å²) >= 11 is 0. The highest BCUT2D eigenvalue weighted by Gasteiger charge is 2.18. The smallest absolute Gasteiger partial charge is 0.317 e. The molecule has 0 aliphatic rings. The van der Waals surface area contributed by atoms with E-state index in [1.165, 1.54) is 18.3 Å². The fraction of sp³-hybridized carbons (Fsp3) is 0.263. The number of amides is 1. The van der Waals surface area contributed by atoms with Crippen LogP contribution in [0.1, 0.15) is 28.5 Å². The van der Waals surface area contributed by atoms with Crippen molar-refractivity contribution < 1.29 is 17.9 Å². The second kappa shape index (κ2) is 7.70. The SMILES string of the molecule is Cc1ccc(-c2ccc(C(=O)N[C@H](C)/C=C/S(C)(=O)=O)[n+]([O-])c2)cc1C. The minimum atomic E-state index is -3.27. The van der Waals surface area contributed by atoms with Crippen LogP contribution in [0.5, 0.6) is 0 Å². The maximum Gasteiger partial charge on any atom is 0.317 e. The van der Waals surface area contributed by atoms with Crippen molar-refractivity contribution in [1.82, 2.24) is 5.32 Å². The number of hydrogen-bond donors (Lipinski definition) is 1. The molecule has 1 atom stereocenters. The highest BCUT2D eigenvalue weighted by atomic mass is 32.2. The number of aryl methyl sites for hydroxylation is 2. The Morgan fingerprint density at radius 2 is 1.81 bits per heavy atom. The van der Waals surface area contributed by atoms with Crippen molar-refractivity contribution in [2.75, 3.05) is 6.26 Å². The van der Waals surface area contributed by atoms with Gasteiger partial charge in [-0.2, -0.15) is 4.73 Å². The molecule has 0 bridgehead atoms. The largest absolute Gasteiger partial charge is 0.618 e. The van der Waals surface area contributed by atoms with Gasteiger partial charge in [-0.1, -0.05) is 24.3 Å². The maximum atomic E-state index is 12.2. The van der Waals surface area contributed by atoms with Crippen molar-refractivity contribution in [2.24, 2.45) is 0 Å². The van der Waals surface area contributed by atoms with E-state index in [9.17, 15) is 18.4 Å². The minimum Gasteiger partial charge on any atom is -0.618 e. The Balaban J connectivity index is 2.19. The molecule has 0 spiro atoms. The third kappa shape index (κ3) is 5.16. The van der Waals surface area contributed by atoms with Crippen LogP contribution in [0.2, 0.25) is 0 Å². The molecule has 2 aromatic rings. The molecule has 138 valence electrons. The number of carbonyl (C=O) groups is 1. The third-order valence-corrected chi connectivity index (χ3v) is 4.61. The first-order valence-corrected chi connectivity index (χ1v) is 10.0. The molecule has 0 radical (unpaired) electrons. The van der Waals surface area contributed by atoms with E-state index in [1.54, 1.807) is 13.0 Å². The molecule has 1 aromatic heterocycles. The number of nitrogens with one attached hydrogen (secondary N) is 1. The Kier molecular flexibility index (Phi) is 5.82. The van der Waals surface area contributed by atoms with Crippen molar-refractivity contribution >= 4 is 15.7 Å². The van der Waals surface area contributed by atoms with Crippen LogP contribution in [0.3, 0.4) is 0 Å². The fourth-order valence-electron chi connectivity index (χ4n) is 2.34. The fourth-order valence-corrected chi connectivity index (χ4v) is 2.86. The monoisotopic (exact) mass is 374 g/mol. The Labute approximate surface area is 153 Å². The number of rotatable bonds is 5. The van der Waals surface area contributed by atoms with Gasteiger partial charge in [0.2, 0.25) is 0 Å². The Bertz CT molecular complexity index is 965. The average Bonchev–Trinajstić information content (AvgIpc) is 2.54. The van der Waals surface area contributed by atoms with Crippen molar-refractivity contribution in [3.63, 3.8) is 0 Å². The van der Waals surface area contributed by atoms with E-state index in [1.807, 2.05) is 32.0 Å². The van der Waals surface area contributed by atoms with Crippen molar-refractivity contribution in [1.29, 1.82) is 0 Å². The zero-order valence-electron chi connectivity index (χ0n) is 15.2. The van der Waals surface area contributed by atoms with Gasteiger partial charge >= 0.3 is 5.91 Å². The molecule has 0 aliphatic heterocycles. The molecule has 6 nitrogen and oxygen atoms in total. The van der Waals surface area contributed by atoms with Crippen molar-refractivity contribution in [2.45, 2.75) is 26.8 Å². The van der Waals surface area contributed by atoms with Gasteiger partial charge in [0.05, 0.1) is 0 Å². The first-order valence-electron chi connectivity index (χ1n) is 8.07. The number of hydrogen-bond acceptors (Lipinski definition) is 4. The molecule has 26 heavy (non-hydrogen) atoms. The average molecular weight is 374 g/mol. The van der Waals surface area contributed by atoms with Gasteiger partial charge in [-0.05, 0) is 43.5 Å². The first-order chi connectivity index (χ1) is 12.1. The molecule has 1 aromatic carbocycles. The molecular weight excluding hydrogens is 352 g/mol. The summed E-state index contributed by atoms with van der Waals surface area (Å²) in [4.78, 5) is 12.2. The predicted molar refractivity (Wildman–Crippen MR) is 101 cm³/mol. The lowest BCUT2D eigenvalue weighted by Gasteiger charge is -2.11. The van der Waals surface area contributed by atoms with E-state index in [0.29, 0.717) is 10.3 Å². The molecule has 0 saturated carbocycles. The number of nitrogens with zero attached hydrogens (tertiary/aromatic N) is 1. The summed E-state index contributed by atoms with van der Waals surface area (Å²) in [7, 11) is -3.27. The van der Waals surface area contributed by atoms with Crippen LogP contribution in [-0.2, 0) is 9.84 Å². The molecule has 0 fully saturated rings. The molecule has 0 unspecified atom stereocenters. The lowest BCUT2D eigenvalue weighted by atomic mass is 10.0. The number of benzene rings is 1. The second-order valence-corrected chi connectivity index (χ2v) is 8.28. The highest BCUT2D eigenvalue weighted by molar-refractivity contribution is 7.93. The zero-order valence-corrected chi connectivity index (χ0v) is 16.0. The van der Waals surface area contributed by atoms with E-state index in [2.05, 4.69) is 5.32 Å². The van der Waals surface area contributed by atoms with Crippen LogP contribution in [0, 0.1) is 19.1 Å². The lowest BCUT2D eigenvalue weighted by molar-refractivity contribution is -0.607. The van der Waals surface area contributed by atoms with Gasteiger partial charge in [-0.3, -0.25) is 4.79 Å². The topological polar surface area (TPSA) is 90.2 Å². The van der Waals surface area contributed by atoms with Gasteiger partial charge in [0.25, 0.3) is 5.69 Å². The van der Waals surface area contributed by atoms with Gasteiger partial charge in [0.15, 0.2) is 16.0 Å². The van der Waals surface area contributed by atoms with Gasteiger partial charge in [-0.15, -0.1) is 0 Å².